The standard InChI is InChI=1S/C12H11ClN4O/c1-6(2)10-15-11-8-4-3-7(13)5-9(8)14-12(18)17(11)16-10/h3-6H,1-2H3,(H,14,18). The summed E-state index contributed by atoms with van der Waals surface area (Å²) in [5, 5.41) is 5.62. The summed E-state index contributed by atoms with van der Waals surface area (Å²) in [6.07, 6.45) is 0. The number of halogens is 1. The van der Waals surface area contributed by atoms with Crippen LogP contribution in [0.15, 0.2) is 23.0 Å². The Morgan fingerprint density at radius 1 is 1.39 bits per heavy atom. The number of nitrogens with one attached hydrogen (secondary N) is 1. The number of aromatic amines is 1. The van der Waals surface area contributed by atoms with Crippen LogP contribution in [0.2, 0.25) is 5.02 Å². The Hall–Kier alpha value is -1.88. The van der Waals surface area contributed by atoms with Crippen LogP contribution in [-0.4, -0.2) is 19.6 Å². The van der Waals surface area contributed by atoms with Crippen molar-refractivity contribution in [3.8, 4) is 0 Å². The predicted octanol–water partition coefficient (Wildman–Crippen LogP) is 2.35. The molecule has 0 amide bonds. The van der Waals surface area contributed by atoms with Gasteiger partial charge in [-0.25, -0.2) is 9.78 Å². The van der Waals surface area contributed by atoms with Crippen molar-refractivity contribution in [1.82, 2.24) is 19.6 Å². The van der Waals surface area contributed by atoms with E-state index in [9.17, 15) is 4.79 Å². The maximum atomic E-state index is 11.9. The molecule has 0 aliphatic heterocycles. The van der Waals surface area contributed by atoms with Crippen LogP contribution in [0.1, 0.15) is 25.6 Å². The summed E-state index contributed by atoms with van der Waals surface area (Å²) in [4.78, 5) is 19.1. The Morgan fingerprint density at radius 3 is 2.89 bits per heavy atom. The molecule has 0 spiro atoms. The average Bonchev–Trinajstić information content (AvgIpc) is 2.74. The van der Waals surface area contributed by atoms with Crippen molar-refractivity contribution in [2.24, 2.45) is 0 Å². The van der Waals surface area contributed by atoms with E-state index in [-0.39, 0.29) is 11.6 Å². The molecule has 0 aliphatic carbocycles. The fourth-order valence-electron chi connectivity index (χ4n) is 1.87. The van der Waals surface area contributed by atoms with E-state index in [1.165, 1.54) is 4.52 Å². The van der Waals surface area contributed by atoms with Gasteiger partial charge in [-0.1, -0.05) is 25.4 Å². The number of nitrogens with zero attached hydrogens (tertiary/aromatic N) is 3. The highest BCUT2D eigenvalue weighted by Crippen LogP contribution is 2.20. The molecule has 0 aliphatic rings. The summed E-state index contributed by atoms with van der Waals surface area (Å²) in [6.45, 7) is 3.98. The second kappa shape index (κ2) is 3.81. The minimum Gasteiger partial charge on any atom is -0.305 e. The van der Waals surface area contributed by atoms with E-state index in [2.05, 4.69) is 15.1 Å². The monoisotopic (exact) mass is 262 g/mol. The highest BCUT2D eigenvalue weighted by Gasteiger charge is 2.12. The number of fused-ring (bicyclic) bond motifs is 3. The van der Waals surface area contributed by atoms with Crippen molar-refractivity contribution in [3.05, 3.63) is 39.5 Å². The fraction of sp³-hybridized carbons (Fsp3) is 0.250. The van der Waals surface area contributed by atoms with Crippen molar-refractivity contribution in [1.29, 1.82) is 0 Å². The Kier molecular flexibility index (Phi) is 2.38. The molecule has 0 bridgehead atoms. The first-order valence-electron chi connectivity index (χ1n) is 5.64. The van der Waals surface area contributed by atoms with E-state index >= 15 is 0 Å². The summed E-state index contributed by atoms with van der Waals surface area (Å²) in [7, 11) is 0. The van der Waals surface area contributed by atoms with Gasteiger partial charge in [0.1, 0.15) is 0 Å². The third-order valence-electron chi connectivity index (χ3n) is 2.80. The van der Waals surface area contributed by atoms with Gasteiger partial charge in [-0.2, -0.15) is 4.52 Å². The third-order valence-corrected chi connectivity index (χ3v) is 3.03. The number of aromatic nitrogens is 4. The van der Waals surface area contributed by atoms with E-state index in [0.717, 1.165) is 5.39 Å². The molecule has 2 aromatic heterocycles. The Labute approximate surface area is 107 Å². The van der Waals surface area contributed by atoms with Gasteiger partial charge >= 0.3 is 5.69 Å². The van der Waals surface area contributed by atoms with Crippen LogP contribution in [0, 0.1) is 0 Å². The molecule has 3 rings (SSSR count). The quantitative estimate of drug-likeness (QED) is 0.732. The van der Waals surface area contributed by atoms with Crippen molar-refractivity contribution in [2.75, 3.05) is 0 Å². The summed E-state index contributed by atoms with van der Waals surface area (Å²) >= 11 is 5.91. The van der Waals surface area contributed by atoms with Crippen LogP contribution in [0.4, 0.5) is 0 Å². The molecule has 6 heteroatoms. The number of hydrogen-bond donors (Lipinski definition) is 1. The molecule has 3 aromatic rings. The van der Waals surface area contributed by atoms with Gasteiger partial charge in [0.15, 0.2) is 11.5 Å². The lowest BCUT2D eigenvalue weighted by Crippen LogP contribution is -2.17. The van der Waals surface area contributed by atoms with E-state index < -0.39 is 0 Å². The van der Waals surface area contributed by atoms with Gasteiger partial charge in [-0.05, 0) is 18.2 Å². The molecule has 0 radical (unpaired) electrons. The third kappa shape index (κ3) is 1.59. The molecule has 5 nitrogen and oxygen atoms in total. The van der Waals surface area contributed by atoms with Gasteiger partial charge in [-0.15, -0.1) is 5.10 Å². The molecular formula is C12H11ClN4O. The molecule has 1 aromatic carbocycles. The van der Waals surface area contributed by atoms with Crippen molar-refractivity contribution >= 4 is 28.2 Å². The minimum absolute atomic E-state index is 0.173. The first kappa shape index (κ1) is 11.2. The van der Waals surface area contributed by atoms with Crippen LogP contribution in [-0.2, 0) is 0 Å². The van der Waals surface area contributed by atoms with Gasteiger partial charge in [0, 0.05) is 16.3 Å². The van der Waals surface area contributed by atoms with Gasteiger partial charge in [0.25, 0.3) is 0 Å². The smallest absolute Gasteiger partial charge is 0.305 e. The molecular weight excluding hydrogens is 252 g/mol. The first-order chi connectivity index (χ1) is 8.56. The van der Waals surface area contributed by atoms with Gasteiger partial charge < -0.3 is 4.98 Å². The Morgan fingerprint density at radius 2 is 2.17 bits per heavy atom. The summed E-state index contributed by atoms with van der Waals surface area (Å²) < 4.78 is 1.30. The van der Waals surface area contributed by atoms with Crippen LogP contribution >= 0.6 is 11.6 Å². The lowest BCUT2D eigenvalue weighted by atomic mass is 10.2. The van der Waals surface area contributed by atoms with Crippen molar-refractivity contribution < 1.29 is 0 Å². The van der Waals surface area contributed by atoms with Crippen molar-refractivity contribution in [3.63, 3.8) is 0 Å². The maximum absolute atomic E-state index is 11.9. The predicted molar refractivity (Wildman–Crippen MR) is 70.2 cm³/mol. The van der Waals surface area contributed by atoms with Crippen LogP contribution < -0.4 is 5.69 Å². The van der Waals surface area contributed by atoms with Gasteiger partial charge in [0.2, 0.25) is 0 Å². The largest absolute Gasteiger partial charge is 0.348 e. The summed E-state index contributed by atoms with van der Waals surface area (Å²) in [6, 6.07) is 5.32. The van der Waals surface area contributed by atoms with E-state index in [1.807, 2.05) is 19.9 Å². The number of benzene rings is 1. The molecule has 2 heterocycles. The van der Waals surface area contributed by atoms with Crippen molar-refractivity contribution in [2.45, 2.75) is 19.8 Å². The SMILES string of the molecule is CC(C)c1nc2c3ccc(Cl)cc3[nH]c(=O)n2n1. The topological polar surface area (TPSA) is 63.0 Å². The molecule has 92 valence electrons. The Balaban J connectivity index is 2.49. The molecule has 0 saturated carbocycles. The fourth-order valence-corrected chi connectivity index (χ4v) is 2.04. The van der Waals surface area contributed by atoms with Gasteiger partial charge in [0.05, 0.1) is 5.52 Å². The van der Waals surface area contributed by atoms with Gasteiger partial charge in [-0.3, -0.25) is 0 Å². The van der Waals surface area contributed by atoms with Crippen LogP contribution in [0.25, 0.3) is 16.6 Å². The average molecular weight is 263 g/mol. The number of rotatable bonds is 1. The number of H-pyrrole nitrogens is 1. The van der Waals surface area contributed by atoms with Crippen LogP contribution in [0.3, 0.4) is 0 Å². The lowest BCUT2D eigenvalue weighted by molar-refractivity contribution is 0.753. The Bertz CT molecular complexity index is 803. The second-order valence-electron chi connectivity index (χ2n) is 4.48. The highest BCUT2D eigenvalue weighted by atomic mass is 35.5. The van der Waals surface area contributed by atoms with Crippen LogP contribution in [0.5, 0.6) is 0 Å². The zero-order valence-corrected chi connectivity index (χ0v) is 10.7. The summed E-state index contributed by atoms with van der Waals surface area (Å²) in [5.74, 6) is 0.828. The first-order valence-corrected chi connectivity index (χ1v) is 6.02. The second-order valence-corrected chi connectivity index (χ2v) is 4.92. The van der Waals surface area contributed by atoms with E-state index in [4.69, 9.17) is 11.6 Å². The molecule has 18 heavy (non-hydrogen) atoms. The minimum atomic E-state index is -0.306. The van der Waals surface area contributed by atoms with E-state index in [1.54, 1.807) is 12.1 Å². The molecule has 1 N–H and O–H groups in total. The number of hydrogen-bond acceptors (Lipinski definition) is 3. The molecule has 0 fully saturated rings. The molecule has 0 saturated heterocycles. The maximum Gasteiger partial charge on any atom is 0.348 e. The highest BCUT2D eigenvalue weighted by molar-refractivity contribution is 6.31. The summed E-state index contributed by atoms with van der Waals surface area (Å²) in [5.41, 5.74) is 0.927. The molecule has 0 atom stereocenters. The zero-order chi connectivity index (χ0) is 12.9. The normalized spacial score (nSPS) is 11.8. The zero-order valence-electron chi connectivity index (χ0n) is 9.94. The lowest BCUT2D eigenvalue weighted by Gasteiger charge is -1.99. The molecule has 0 unspecified atom stereocenters. The van der Waals surface area contributed by atoms with E-state index in [0.29, 0.717) is 22.0 Å².